The fourth-order valence-electron chi connectivity index (χ4n) is 1.93. The Bertz CT molecular complexity index is 289. The number of rotatable bonds is 6. The number of ketones is 1. The van der Waals surface area contributed by atoms with E-state index in [0.717, 1.165) is 0 Å². The third-order valence-corrected chi connectivity index (χ3v) is 2.81. The minimum atomic E-state index is -0.759. The number of hydrogen-bond donors (Lipinski definition) is 0. The smallest absolute Gasteiger partial charge is 0.316 e. The predicted octanol–water partition coefficient (Wildman–Crippen LogP) is 2.45. The SMILES string of the molecule is CCOC(C(=O)C(C(=O)OC)C(C)C)C(C)(C)C. The Balaban J connectivity index is 5.20. The molecule has 0 amide bonds. The van der Waals surface area contributed by atoms with E-state index in [0.29, 0.717) is 6.61 Å². The van der Waals surface area contributed by atoms with Gasteiger partial charge in [-0.3, -0.25) is 9.59 Å². The lowest BCUT2D eigenvalue weighted by atomic mass is 9.79. The summed E-state index contributed by atoms with van der Waals surface area (Å²) in [5.74, 6) is -1.53. The van der Waals surface area contributed by atoms with Gasteiger partial charge in [0.2, 0.25) is 0 Å². The van der Waals surface area contributed by atoms with Gasteiger partial charge in [0.1, 0.15) is 12.0 Å². The van der Waals surface area contributed by atoms with E-state index in [1.807, 2.05) is 41.5 Å². The highest BCUT2D eigenvalue weighted by atomic mass is 16.5. The summed E-state index contributed by atoms with van der Waals surface area (Å²) in [6.07, 6.45) is -0.589. The lowest BCUT2D eigenvalue weighted by molar-refractivity contribution is -0.158. The third kappa shape index (κ3) is 4.41. The Hall–Kier alpha value is -0.900. The van der Waals surface area contributed by atoms with Crippen molar-refractivity contribution < 1.29 is 19.1 Å². The van der Waals surface area contributed by atoms with Crippen molar-refractivity contribution in [3.8, 4) is 0 Å². The first-order valence-electron chi connectivity index (χ1n) is 6.39. The molecule has 0 saturated heterocycles. The summed E-state index contributed by atoms with van der Waals surface area (Å²) in [4.78, 5) is 24.2. The van der Waals surface area contributed by atoms with Crippen LogP contribution in [-0.2, 0) is 19.1 Å². The Kier molecular flexibility index (Phi) is 6.54. The summed E-state index contributed by atoms with van der Waals surface area (Å²) in [7, 11) is 1.30. The lowest BCUT2D eigenvalue weighted by Crippen LogP contribution is -2.45. The molecule has 4 heteroatoms. The molecule has 0 heterocycles. The highest BCUT2D eigenvalue weighted by molar-refractivity contribution is 6.01. The molecule has 18 heavy (non-hydrogen) atoms. The molecule has 0 rings (SSSR count). The van der Waals surface area contributed by atoms with Gasteiger partial charge in [-0.2, -0.15) is 0 Å². The molecular weight excluding hydrogens is 232 g/mol. The monoisotopic (exact) mass is 258 g/mol. The van der Waals surface area contributed by atoms with E-state index in [9.17, 15) is 9.59 Å². The molecule has 0 fully saturated rings. The highest BCUT2D eigenvalue weighted by Gasteiger charge is 2.41. The first-order valence-corrected chi connectivity index (χ1v) is 6.39. The topological polar surface area (TPSA) is 52.6 Å². The maximum atomic E-state index is 12.5. The van der Waals surface area contributed by atoms with E-state index in [4.69, 9.17) is 9.47 Å². The molecule has 0 aromatic rings. The lowest BCUT2D eigenvalue weighted by Gasteiger charge is -2.32. The molecule has 0 aliphatic carbocycles. The van der Waals surface area contributed by atoms with Crippen LogP contribution in [0.5, 0.6) is 0 Å². The summed E-state index contributed by atoms with van der Waals surface area (Å²) in [6.45, 7) is 11.8. The molecule has 0 saturated carbocycles. The van der Waals surface area contributed by atoms with Gasteiger partial charge in [-0.15, -0.1) is 0 Å². The van der Waals surface area contributed by atoms with Gasteiger partial charge in [0.25, 0.3) is 0 Å². The second-order valence-electron chi connectivity index (χ2n) is 5.85. The molecule has 0 aromatic heterocycles. The normalized spacial score (nSPS) is 15.3. The van der Waals surface area contributed by atoms with Crippen LogP contribution in [0.3, 0.4) is 0 Å². The van der Waals surface area contributed by atoms with Crippen LogP contribution in [0.15, 0.2) is 0 Å². The van der Waals surface area contributed by atoms with Crippen molar-refractivity contribution in [1.82, 2.24) is 0 Å². The maximum absolute atomic E-state index is 12.5. The molecular formula is C14H26O4. The van der Waals surface area contributed by atoms with E-state index >= 15 is 0 Å². The number of esters is 1. The van der Waals surface area contributed by atoms with E-state index in [1.54, 1.807) is 0 Å². The zero-order valence-electron chi connectivity index (χ0n) is 12.6. The Morgan fingerprint density at radius 3 is 1.94 bits per heavy atom. The van der Waals surface area contributed by atoms with E-state index < -0.39 is 18.0 Å². The quantitative estimate of drug-likeness (QED) is 0.542. The minimum Gasteiger partial charge on any atom is -0.468 e. The van der Waals surface area contributed by atoms with Gasteiger partial charge >= 0.3 is 5.97 Å². The van der Waals surface area contributed by atoms with Crippen molar-refractivity contribution in [2.24, 2.45) is 17.3 Å². The minimum absolute atomic E-state index is 0.102. The maximum Gasteiger partial charge on any atom is 0.316 e. The van der Waals surface area contributed by atoms with Gasteiger partial charge in [-0.1, -0.05) is 34.6 Å². The van der Waals surface area contributed by atoms with Gasteiger partial charge in [0.15, 0.2) is 5.78 Å². The zero-order chi connectivity index (χ0) is 14.5. The predicted molar refractivity (Wildman–Crippen MR) is 70.2 cm³/mol. The van der Waals surface area contributed by atoms with Crippen LogP contribution in [0.1, 0.15) is 41.5 Å². The van der Waals surface area contributed by atoms with Crippen LogP contribution in [0, 0.1) is 17.3 Å². The van der Waals surface area contributed by atoms with Crippen molar-refractivity contribution in [3.05, 3.63) is 0 Å². The molecule has 0 radical (unpaired) electrons. The molecule has 0 aromatic carbocycles. The molecule has 2 atom stereocenters. The third-order valence-electron chi connectivity index (χ3n) is 2.81. The summed E-state index contributed by atoms with van der Waals surface area (Å²) in [6, 6.07) is 0. The van der Waals surface area contributed by atoms with Crippen LogP contribution in [-0.4, -0.2) is 31.6 Å². The summed E-state index contributed by atoms with van der Waals surface area (Å²) in [5.41, 5.74) is -0.339. The molecule has 0 bridgehead atoms. The van der Waals surface area contributed by atoms with E-state index in [1.165, 1.54) is 7.11 Å². The molecule has 2 unspecified atom stereocenters. The Labute approximate surface area is 110 Å². The first kappa shape index (κ1) is 17.1. The number of Topliss-reactive ketones (excluding diaryl/α,β-unsaturated/α-hetero) is 1. The van der Waals surface area contributed by atoms with Crippen molar-refractivity contribution >= 4 is 11.8 Å². The highest BCUT2D eigenvalue weighted by Crippen LogP contribution is 2.28. The second kappa shape index (κ2) is 6.88. The van der Waals surface area contributed by atoms with Crippen LogP contribution in [0.4, 0.5) is 0 Å². The van der Waals surface area contributed by atoms with E-state index in [2.05, 4.69) is 0 Å². The van der Waals surface area contributed by atoms with Crippen LogP contribution in [0.2, 0.25) is 0 Å². The fraction of sp³-hybridized carbons (Fsp3) is 0.857. The second-order valence-corrected chi connectivity index (χ2v) is 5.85. The fourth-order valence-corrected chi connectivity index (χ4v) is 1.93. The number of methoxy groups -OCH3 is 1. The van der Waals surface area contributed by atoms with Crippen molar-refractivity contribution in [2.75, 3.05) is 13.7 Å². The molecule has 0 spiro atoms. The molecule has 0 N–H and O–H groups in total. The van der Waals surface area contributed by atoms with Gasteiger partial charge in [0.05, 0.1) is 7.11 Å². The average molecular weight is 258 g/mol. The van der Waals surface area contributed by atoms with E-state index in [-0.39, 0.29) is 17.1 Å². The number of ether oxygens (including phenoxy) is 2. The molecule has 0 aliphatic heterocycles. The Morgan fingerprint density at radius 2 is 1.67 bits per heavy atom. The zero-order valence-corrected chi connectivity index (χ0v) is 12.6. The average Bonchev–Trinajstić information content (AvgIpc) is 2.23. The number of hydrogen-bond acceptors (Lipinski definition) is 4. The number of carbonyl (C=O) groups excluding carboxylic acids is 2. The summed E-state index contributed by atoms with van der Waals surface area (Å²) >= 11 is 0. The molecule has 0 aliphatic rings. The van der Waals surface area contributed by atoms with Gasteiger partial charge in [-0.05, 0) is 18.3 Å². The van der Waals surface area contributed by atoms with Gasteiger partial charge in [-0.25, -0.2) is 0 Å². The van der Waals surface area contributed by atoms with Crippen molar-refractivity contribution in [3.63, 3.8) is 0 Å². The van der Waals surface area contributed by atoms with Crippen molar-refractivity contribution in [1.29, 1.82) is 0 Å². The first-order chi connectivity index (χ1) is 8.16. The molecule has 106 valence electrons. The van der Waals surface area contributed by atoms with Gasteiger partial charge < -0.3 is 9.47 Å². The summed E-state index contributed by atoms with van der Waals surface area (Å²) < 4.78 is 10.3. The van der Waals surface area contributed by atoms with Crippen molar-refractivity contribution in [2.45, 2.75) is 47.6 Å². The standard InChI is InChI=1S/C14H26O4/c1-8-18-12(14(4,5)6)11(15)10(9(2)3)13(16)17-7/h9-10,12H,8H2,1-7H3. The van der Waals surface area contributed by atoms with Gasteiger partial charge in [0, 0.05) is 6.61 Å². The largest absolute Gasteiger partial charge is 0.468 e. The molecule has 4 nitrogen and oxygen atoms in total. The number of carbonyl (C=O) groups is 2. The summed E-state index contributed by atoms with van der Waals surface area (Å²) in [5, 5.41) is 0. The van der Waals surface area contributed by atoms with Crippen LogP contribution >= 0.6 is 0 Å². The van der Waals surface area contributed by atoms with Crippen LogP contribution in [0.25, 0.3) is 0 Å². The Morgan fingerprint density at radius 1 is 1.17 bits per heavy atom. The van der Waals surface area contributed by atoms with Crippen LogP contribution < -0.4 is 0 Å².